The van der Waals surface area contributed by atoms with Crippen molar-refractivity contribution in [3.63, 3.8) is 0 Å². The van der Waals surface area contributed by atoms with Crippen LogP contribution >= 0.6 is 0 Å². The zero-order chi connectivity index (χ0) is 7.35. The van der Waals surface area contributed by atoms with Gasteiger partial charge in [0.2, 0.25) is 0 Å². The minimum atomic E-state index is 0.475. The van der Waals surface area contributed by atoms with Crippen LogP contribution in [0.4, 0.5) is 0 Å². The second-order valence-corrected chi connectivity index (χ2v) is 4.45. The molecular formula is C10H16. The predicted molar refractivity (Wildman–Crippen MR) is 43.8 cm³/mol. The van der Waals surface area contributed by atoms with Gasteiger partial charge in [-0.25, -0.2) is 0 Å². The SMILES string of the molecule is C=C1[C@H]2CCC(C2)C1(C)C. The van der Waals surface area contributed by atoms with E-state index in [0.717, 1.165) is 11.8 Å². The highest BCUT2D eigenvalue weighted by atomic mass is 14.5. The molecule has 2 atom stereocenters. The Morgan fingerprint density at radius 1 is 1.40 bits per heavy atom. The average Bonchev–Trinajstić information content (AvgIpc) is 2.37. The third-order valence-electron chi connectivity index (χ3n) is 3.77. The van der Waals surface area contributed by atoms with Crippen LogP contribution in [0.5, 0.6) is 0 Å². The normalized spacial score (nSPS) is 42.8. The summed E-state index contributed by atoms with van der Waals surface area (Å²) in [5, 5.41) is 0. The highest BCUT2D eigenvalue weighted by molar-refractivity contribution is 5.22. The van der Waals surface area contributed by atoms with Gasteiger partial charge in [-0.15, -0.1) is 0 Å². The molecule has 0 saturated heterocycles. The molecule has 0 radical (unpaired) electrons. The van der Waals surface area contributed by atoms with Gasteiger partial charge in [0.1, 0.15) is 0 Å². The van der Waals surface area contributed by atoms with Crippen LogP contribution in [0.25, 0.3) is 0 Å². The molecule has 2 bridgehead atoms. The topological polar surface area (TPSA) is 0 Å². The molecule has 2 saturated carbocycles. The summed E-state index contributed by atoms with van der Waals surface area (Å²) in [7, 11) is 0. The molecule has 0 aliphatic heterocycles. The van der Waals surface area contributed by atoms with Crippen LogP contribution in [-0.2, 0) is 0 Å². The van der Waals surface area contributed by atoms with Gasteiger partial charge < -0.3 is 0 Å². The molecule has 0 N–H and O–H groups in total. The molecule has 2 aliphatic carbocycles. The molecule has 0 heteroatoms. The first-order valence-corrected chi connectivity index (χ1v) is 4.31. The second-order valence-electron chi connectivity index (χ2n) is 4.45. The number of hydrogen-bond acceptors (Lipinski definition) is 0. The monoisotopic (exact) mass is 136 g/mol. The number of fused-ring (bicyclic) bond motifs is 2. The summed E-state index contributed by atoms with van der Waals surface area (Å²) in [6.45, 7) is 8.91. The number of rotatable bonds is 0. The summed E-state index contributed by atoms with van der Waals surface area (Å²) in [6, 6.07) is 0. The molecule has 2 rings (SSSR count). The zero-order valence-electron chi connectivity index (χ0n) is 6.98. The second kappa shape index (κ2) is 1.66. The third-order valence-corrected chi connectivity index (χ3v) is 3.77. The van der Waals surface area contributed by atoms with E-state index in [1.54, 1.807) is 0 Å². The van der Waals surface area contributed by atoms with Gasteiger partial charge in [-0.3, -0.25) is 0 Å². The van der Waals surface area contributed by atoms with E-state index in [4.69, 9.17) is 0 Å². The van der Waals surface area contributed by atoms with Crippen molar-refractivity contribution in [1.82, 2.24) is 0 Å². The fourth-order valence-corrected chi connectivity index (χ4v) is 2.74. The summed E-state index contributed by atoms with van der Waals surface area (Å²) >= 11 is 0. The lowest BCUT2D eigenvalue weighted by molar-refractivity contribution is 0.289. The first kappa shape index (κ1) is 6.45. The Kier molecular flexibility index (Phi) is 1.07. The molecule has 1 unspecified atom stereocenters. The van der Waals surface area contributed by atoms with Crippen molar-refractivity contribution in [2.45, 2.75) is 33.1 Å². The van der Waals surface area contributed by atoms with Crippen LogP contribution in [0.15, 0.2) is 12.2 Å². The maximum Gasteiger partial charge on any atom is -0.0116 e. The molecule has 0 aromatic heterocycles. The van der Waals surface area contributed by atoms with Crippen molar-refractivity contribution in [1.29, 1.82) is 0 Å². The maximum atomic E-state index is 4.19. The van der Waals surface area contributed by atoms with Gasteiger partial charge in [-0.2, -0.15) is 0 Å². The van der Waals surface area contributed by atoms with E-state index >= 15 is 0 Å². The van der Waals surface area contributed by atoms with E-state index < -0.39 is 0 Å². The predicted octanol–water partition coefficient (Wildman–Crippen LogP) is 3.00. The van der Waals surface area contributed by atoms with E-state index in [-0.39, 0.29) is 0 Å². The lowest BCUT2D eigenvalue weighted by Gasteiger charge is -2.31. The summed E-state index contributed by atoms with van der Waals surface area (Å²) in [4.78, 5) is 0. The van der Waals surface area contributed by atoms with Crippen LogP contribution < -0.4 is 0 Å². The fourth-order valence-electron chi connectivity index (χ4n) is 2.74. The molecule has 0 nitrogen and oxygen atoms in total. The molecule has 0 aromatic carbocycles. The van der Waals surface area contributed by atoms with Crippen molar-refractivity contribution < 1.29 is 0 Å². The number of hydrogen-bond donors (Lipinski definition) is 0. The number of allylic oxidation sites excluding steroid dienone is 1. The molecule has 0 aromatic rings. The van der Waals surface area contributed by atoms with E-state index in [0.29, 0.717) is 5.41 Å². The van der Waals surface area contributed by atoms with Gasteiger partial charge in [-0.05, 0) is 36.5 Å². The van der Waals surface area contributed by atoms with E-state index in [1.807, 2.05) is 0 Å². The van der Waals surface area contributed by atoms with Crippen molar-refractivity contribution in [3.05, 3.63) is 12.2 Å². The average molecular weight is 136 g/mol. The van der Waals surface area contributed by atoms with Gasteiger partial charge in [-0.1, -0.05) is 26.0 Å². The largest absolute Gasteiger partial charge is 0.0990 e. The van der Waals surface area contributed by atoms with E-state index in [1.165, 1.54) is 24.8 Å². The van der Waals surface area contributed by atoms with Crippen LogP contribution in [0.1, 0.15) is 33.1 Å². The first-order valence-electron chi connectivity index (χ1n) is 4.31. The zero-order valence-corrected chi connectivity index (χ0v) is 6.98. The molecule has 10 heavy (non-hydrogen) atoms. The molecule has 2 aliphatic rings. The summed E-state index contributed by atoms with van der Waals surface area (Å²) in [6.07, 6.45) is 4.31. The molecular weight excluding hydrogens is 120 g/mol. The Hall–Kier alpha value is -0.260. The van der Waals surface area contributed by atoms with Gasteiger partial charge >= 0.3 is 0 Å². The molecule has 0 amide bonds. The van der Waals surface area contributed by atoms with Crippen LogP contribution in [0, 0.1) is 17.3 Å². The van der Waals surface area contributed by atoms with Crippen LogP contribution in [-0.4, -0.2) is 0 Å². The van der Waals surface area contributed by atoms with Crippen molar-refractivity contribution in [3.8, 4) is 0 Å². The first-order chi connectivity index (χ1) is 4.62. The van der Waals surface area contributed by atoms with Crippen molar-refractivity contribution >= 4 is 0 Å². The van der Waals surface area contributed by atoms with Crippen LogP contribution in [0.2, 0.25) is 0 Å². The minimum absolute atomic E-state index is 0.475. The molecule has 0 heterocycles. The molecule has 0 spiro atoms. The molecule has 56 valence electrons. The Balaban J connectivity index is 2.34. The van der Waals surface area contributed by atoms with Crippen LogP contribution in [0.3, 0.4) is 0 Å². The van der Waals surface area contributed by atoms with Gasteiger partial charge in [0.05, 0.1) is 0 Å². The Morgan fingerprint density at radius 2 is 2.10 bits per heavy atom. The maximum absolute atomic E-state index is 4.19. The lowest BCUT2D eigenvalue weighted by atomic mass is 9.73. The van der Waals surface area contributed by atoms with Crippen molar-refractivity contribution in [2.24, 2.45) is 17.3 Å². The Bertz CT molecular complexity index is 176. The minimum Gasteiger partial charge on any atom is -0.0990 e. The highest BCUT2D eigenvalue weighted by Gasteiger charge is 2.47. The van der Waals surface area contributed by atoms with E-state index in [9.17, 15) is 0 Å². The quantitative estimate of drug-likeness (QED) is 0.449. The molecule has 2 fully saturated rings. The standard InChI is InChI=1S/C10H16/c1-7-8-4-5-9(6-8)10(7,2)3/h8-9H,1,4-6H2,2-3H3/t8-,9?/m0/s1. The van der Waals surface area contributed by atoms with Gasteiger partial charge in [0.25, 0.3) is 0 Å². The smallest absolute Gasteiger partial charge is 0.0116 e. The van der Waals surface area contributed by atoms with E-state index in [2.05, 4.69) is 20.4 Å². The lowest BCUT2D eigenvalue weighted by Crippen LogP contribution is -2.21. The third kappa shape index (κ3) is 0.574. The van der Waals surface area contributed by atoms with Crippen molar-refractivity contribution in [2.75, 3.05) is 0 Å². The summed E-state index contributed by atoms with van der Waals surface area (Å²) in [5.74, 6) is 1.85. The Labute approximate surface area is 63.3 Å². The van der Waals surface area contributed by atoms with Gasteiger partial charge in [0, 0.05) is 0 Å². The fraction of sp³-hybridized carbons (Fsp3) is 0.800. The Morgan fingerprint density at radius 3 is 2.40 bits per heavy atom. The summed E-state index contributed by atoms with van der Waals surface area (Å²) in [5.41, 5.74) is 2.01. The van der Waals surface area contributed by atoms with Gasteiger partial charge in [0.15, 0.2) is 0 Å². The summed E-state index contributed by atoms with van der Waals surface area (Å²) < 4.78 is 0. The highest BCUT2D eigenvalue weighted by Crippen LogP contribution is 2.58.